The van der Waals surface area contributed by atoms with E-state index in [1.807, 2.05) is 0 Å². The summed E-state index contributed by atoms with van der Waals surface area (Å²) in [5, 5.41) is 12.3. The molecule has 0 bridgehead atoms. The van der Waals surface area contributed by atoms with Gasteiger partial charge in [0.1, 0.15) is 11.8 Å². The maximum absolute atomic E-state index is 12.4. The Morgan fingerprint density at radius 1 is 1.33 bits per heavy atom. The van der Waals surface area contributed by atoms with E-state index in [1.54, 1.807) is 24.3 Å². The van der Waals surface area contributed by atoms with Crippen molar-refractivity contribution in [2.75, 3.05) is 7.11 Å². The molecule has 4 N–H and O–H groups in total. The zero-order valence-corrected chi connectivity index (χ0v) is 14.0. The van der Waals surface area contributed by atoms with E-state index in [-0.39, 0.29) is 24.0 Å². The number of carbonyl (C=O) groups excluding carboxylic acids is 2. The van der Waals surface area contributed by atoms with E-state index in [0.717, 1.165) is 31.2 Å². The number of hydrogen-bond acceptors (Lipinski definition) is 5. The smallest absolute Gasteiger partial charge is 0.328 e. The minimum Gasteiger partial charge on any atom is -0.508 e. The zero-order valence-electron chi connectivity index (χ0n) is 14.0. The van der Waals surface area contributed by atoms with Crippen LogP contribution in [0, 0.1) is 5.92 Å². The number of ether oxygens (including phenoxy) is 1. The van der Waals surface area contributed by atoms with E-state index in [4.69, 9.17) is 10.5 Å². The van der Waals surface area contributed by atoms with Gasteiger partial charge in [0.15, 0.2) is 0 Å². The highest BCUT2D eigenvalue weighted by Gasteiger charge is 2.30. The molecule has 1 saturated carbocycles. The number of aromatic hydroxyl groups is 1. The third-order valence-corrected chi connectivity index (χ3v) is 4.61. The van der Waals surface area contributed by atoms with Crippen molar-refractivity contribution >= 4 is 11.9 Å². The van der Waals surface area contributed by atoms with Gasteiger partial charge in [-0.05, 0) is 36.5 Å². The highest BCUT2D eigenvalue weighted by molar-refractivity contribution is 5.87. The van der Waals surface area contributed by atoms with E-state index >= 15 is 0 Å². The van der Waals surface area contributed by atoms with Crippen LogP contribution in [-0.2, 0) is 20.7 Å². The molecule has 1 aromatic carbocycles. The Labute approximate surface area is 142 Å². The Hall–Kier alpha value is -2.08. The lowest BCUT2D eigenvalue weighted by Gasteiger charge is -2.28. The van der Waals surface area contributed by atoms with Crippen LogP contribution in [0.5, 0.6) is 5.75 Å². The number of nitrogens with two attached hydrogens (primary N) is 1. The molecule has 6 nitrogen and oxygen atoms in total. The van der Waals surface area contributed by atoms with Gasteiger partial charge in [-0.3, -0.25) is 4.79 Å². The standard InChI is InChI=1S/C18H26N2O4/c1-24-18(23)15(11-12-6-5-9-14(21)10-12)20-17(22)16(19)13-7-3-2-4-8-13/h5-6,9-10,13,15-16,21H,2-4,7-8,11,19H2,1H3,(H,20,22)/t15-,16-/m0/s1. The van der Waals surface area contributed by atoms with Crippen LogP contribution in [0.3, 0.4) is 0 Å². The van der Waals surface area contributed by atoms with Gasteiger partial charge < -0.3 is 20.9 Å². The van der Waals surface area contributed by atoms with Gasteiger partial charge in [-0.1, -0.05) is 31.4 Å². The van der Waals surface area contributed by atoms with Crippen LogP contribution in [-0.4, -0.2) is 36.2 Å². The molecule has 0 aliphatic heterocycles. The Balaban J connectivity index is 2.02. The topological polar surface area (TPSA) is 102 Å². The minimum atomic E-state index is -0.820. The average molecular weight is 334 g/mol. The summed E-state index contributed by atoms with van der Waals surface area (Å²) >= 11 is 0. The Morgan fingerprint density at radius 2 is 2.04 bits per heavy atom. The lowest BCUT2D eigenvalue weighted by Crippen LogP contribution is -2.52. The number of phenols is 1. The number of hydrogen-bond donors (Lipinski definition) is 3. The molecule has 2 rings (SSSR count). The molecule has 1 amide bonds. The van der Waals surface area contributed by atoms with Crippen LogP contribution in [0.4, 0.5) is 0 Å². The zero-order chi connectivity index (χ0) is 17.5. The van der Waals surface area contributed by atoms with E-state index in [9.17, 15) is 14.7 Å². The molecule has 1 aromatic rings. The lowest BCUT2D eigenvalue weighted by molar-refractivity contribution is -0.145. The molecule has 6 heteroatoms. The average Bonchev–Trinajstić information content (AvgIpc) is 2.60. The molecule has 0 heterocycles. The first kappa shape index (κ1) is 18.3. The van der Waals surface area contributed by atoms with Gasteiger partial charge in [0.25, 0.3) is 0 Å². The van der Waals surface area contributed by atoms with E-state index in [0.29, 0.717) is 0 Å². The molecule has 0 unspecified atom stereocenters. The van der Waals surface area contributed by atoms with Crippen molar-refractivity contribution in [2.24, 2.45) is 11.7 Å². The maximum Gasteiger partial charge on any atom is 0.328 e. The molecule has 0 radical (unpaired) electrons. The van der Waals surface area contributed by atoms with Gasteiger partial charge in [-0.2, -0.15) is 0 Å². The number of rotatable bonds is 6. The Bertz CT molecular complexity index is 570. The lowest BCUT2D eigenvalue weighted by atomic mass is 9.84. The van der Waals surface area contributed by atoms with Gasteiger partial charge in [0, 0.05) is 6.42 Å². The van der Waals surface area contributed by atoms with E-state index in [2.05, 4.69) is 5.32 Å². The predicted octanol–water partition coefficient (Wildman–Crippen LogP) is 1.50. The van der Waals surface area contributed by atoms with E-state index in [1.165, 1.54) is 13.5 Å². The fourth-order valence-corrected chi connectivity index (χ4v) is 3.23. The highest BCUT2D eigenvalue weighted by atomic mass is 16.5. The predicted molar refractivity (Wildman–Crippen MR) is 90.3 cm³/mol. The van der Waals surface area contributed by atoms with Crippen LogP contribution in [0.25, 0.3) is 0 Å². The van der Waals surface area contributed by atoms with Crippen LogP contribution < -0.4 is 11.1 Å². The van der Waals surface area contributed by atoms with Crippen molar-refractivity contribution in [1.29, 1.82) is 0 Å². The third-order valence-electron chi connectivity index (χ3n) is 4.61. The Morgan fingerprint density at radius 3 is 2.67 bits per heavy atom. The van der Waals surface area contributed by atoms with Gasteiger partial charge in [0.2, 0.25) is 5.91 Å². The second kappa shape index (κ2) is 8.68. The number of esters is 1. The first-order chi connectivity index (χ1) is 11.5. The van der Waals surface area contributed by atoms with Gasteiger partial charge in [-0.25, -0.2) is 4.79 Å². The second-order valence-corrected chi connectivity index (χ2v) is 6.38. The van der Waals surface area contributed by atoms with Crippen LogP contribution >= 0.6 is 0 Å². The molecule has 24 heavy (non-hydrogen) atoms. The van der Waals surface area contributed by atoms with Crippen LogP contribution in [0.15, 0.2) is 24.3 Å². The third kappa shape index (κ3) is 4.96. The molecule has 2 atom stereocenters. The quantitative estimate of drug-likeness (QED) is 0.684. The summed E-state index contributed by atoms with van der Waals surface area (Å²) in [5.74, 6) is -0.570. The molecular formula is C18H26N2O4. The summed E-state index contributed by atoms with van der Waals surface area (Å²) in [4.78, 5) is 24.4. The first-order valence-corrected chi connectivity index (χ1v) is 8.43. The monoisotopic (exact) mass is 334 g/mol. The maximum atomic E-state index is 12.4. The highest BCUT2D eigenvalue weighted by Crippen LogP contribution is 2.25. The number of phenolic OH excluding ortho intramolecular Hbond substituents is 1. The SMILES string of the molecule is COC(=O)[C@H](Cc1cccc(O)c1)NC(=O)[C@@H](N)C1CCCCC1. The largest absolute Gasteiger partial charge is 0.508 e. The number of methoxy groups -OCH3 is 1. The van der Waals surface area contributed by atoms with Crippen LogP contribution in [0.2, 0.25) is 0 Å². The molecule has 1 aliphatic rings. The second-order valence-electron chi connectivity index (χ2n) is 6.38. The summed E-state index contributed by atoms with van der Waals surface area (Å²) in [5.41, 5.74) is 6.83. The summed E-state index contributed by atoms with van der Waals surface area (Å²) < 4.78 is 4.78. The van der Waals surface area contributed by atoms with Crippen LogP contribution in [0.1, 0.15) is 37.7 Å². The van der Waals surface area contributed by atoms with Gasteiger partial charge >= 0.3 is 5.97 Å². The normalized spacial score (nSPS) is 17.8. The number of nitrogens with one attached hydrogen (secondary N) is 1. The molecule has 1 aliphatic carbocycles. The molecular weight excluding hydrogens is 308 g/mol. The molecule has 132 valence electrons. The summed E-state index contributed by atoms with van der Waals surface area (Å²) in [7, 11) is 1.28. The molecule has 1 fully saturated rings. The Kier molecular flexibility index (Phi) is 6.61. The van der Waals surface area contributed by atoms with Crippen molar-refractivity contribution in [1.82, 2.24) is 5.32 Å². The summed E-state index contributed by atoms with van der Waals surface area (Å²) in [6, 6.07) is 5.15. The van der Waals surface area contributed by atoms with E-state index < -0.39 is 18.1 Å². The van der Waals surface area contributed by atoms with Gasteiger partial charge in [-0.15, -0.1) is 0 Å². The molecule has 0 aromatic heterocycles. The summed E-state index contributed by atoms with van der Waals surface area (Å²) in [6.07, 6.45) is 5.51. The van der Waals surface area contributed by atoms with Gasteiger partial charge in [0.05, 0.1) is 13.2 Å². The molecule has 0 spiro atoms. The number of amides is 1. The van der Waals surface area contributed by atoms with Crippen molar-refractivity contribution < 1.29 is 19.4 Å². The fourth-order valence-electron chi connectivity index (χ4n) is 3.23. The van der Waals surface area contributed by atoms with Crippen molar-refractivity contribution in [3.63, 3.8) is 0 Å². The van der Waals surface area contributed by atoms with Crippen molar-refractivity contribution in [3.05, 3.63) is 29.8 Å². The minimum absolute atomic E-state index is 0.112. The number of carbonyl (C=O) groups is 2. The first-order valence-electron chi connectivity index (χ1n) is 8.43. The molecule has 0 saturated heterocycles. The summed E-state index contributed by atoms with van der Waals surface area (Å²) in [6.45, 7) is 0. The number of benzene rings is 1. The van der Waals surface area contributed by atoms with Crippen molar-refractivity contribution in [2.45, 2.75) is 50.6 Å². The fraction of sp³-hybridized carbons (Fsp3) is 0.556. The van der Waals surface area contributed by atoms with Crippen molar-refractivity contribution in [3.8, 4) is 5.75 Å².